The second kappa shape index (κ2) is 7.53. The van der Waals surface area contributed by atoms with Crippen LogP contribution >= 0.6 is 15.9 Å². The topological polar surface area (TPSA) is 68.4 Å². The van der Waals surface area contributed by atoms with E-state index in [2.05, 4.69) is 20.9 Å². The average molecular weight is 402 g/mol. The summed E-state index contributed by atoms with van der Waals surface area (Å²) in [7, 11) is 0. The molecule has 0 amide bonds. The van der Waals surface area contributed by atoms with E-state index in [1.165, 1.54) is 0 Å². The monoisotopic (exact) mass is 401 g/mol. The molecule has 0 aliphatic rings. The number of ether oxygens (including phenoxy) is 2. The van der Waals surface area contributed by atoms with Gasteiger partial charge in [0.25, 0.3) is 0 Å². The normalized spacial score (nSPS) is 11.9. The van der Waals surface area contributed by atoms with Crippen molar-refractivity contribution in [2.45, 2.75) is 13.0 Å². The number of nitrogens with one attached hydrogen (secondary N) is 1. The first-order chi connectivity index (χ1) is 12.0. The second-order valence-electron chi connectivity index (χ2n) is 5.49. The molecule has 0 radical (unpaired) electrons. The number of halogens is 1. The van der Waals surface area contributed by atoms with Crippen molar-refractivity contribution in [1.29, 1.82) is 0 Å². The van der Waals surface area contributed by atoms with Crippen LogP contribution in [0.25, 0.3) is 10.9 Å². The Balaban J connectivity index is 1.59. The third-order valence-electron chi connectivity index (χ3n) is 3.70. The average Bonchev–Trinajstić information content (AvgIpc) is 3.04. The molecule has 3 aromatic rings. The molecule has 5 nitrogen and oxygen atoms in total. The lowest BCUT2D eigenvalue weighted by Crippen LogP contribution is -2.27. The molecule has 0 aliphatic carbocycles. The number of H-pyrrole nitrogens is 1. The van der Waals surface area contributed by atoms with Crippen LogP contribution in [0, 0.1) is 0 Å². The summed E-state index contributed by atoms with van der Waals surface area (Å²) >= 11 is 3.32. The van der Waals surface area contributed by atoms with Gasteiger partial charge in [-0.15, -0.1) is 0 Å². The van der Waals surface area contributed by atoms with Gasteiger partial charge in [-0.05, 0) is 37.3 Å². The molecule has 1 heterocycles. The molecule has 3 rings (SSSR count). The molecule has 1 N–H and O–H groups in total. The Morgan fingerprint density at radius 3 is 2.60 bits per heavy atom. The number of aromatic nitrogens is 1. The summed E-state index contributed by atoms with van der Waals surface area (Å²) < 4.78 is 11.5. The number of carbonyl (C=O) groups excluding carboxylic acids is 2. The van der Waals surface area contributed by atoms with Gasteiger partial charge in [0.1, 0.15) is 5.75 Å². The highest BCUT2D eigenvalue weighted by atomic mass is 79.9. The number of fused-ring (bicyclic) bond motifs is 1. The zero-order chi connectivity index (χ0) is 17.8. The van der Waals surface area contributed by atoms with Gasteiger partial charge in [-0.3, -0.25) is 4.79 Å². The van der Waals surface area contributed by atoms with E-state index in [-0.39, 0.29) is 12.4 Å². The van der Waals surface area contributed by atoms with E-state index in [0.717, 1.165) is 15.4 Å². The molecule has 0 unspecified atom stereocenters. The van der Waals surface area contributed by atoms with Gasteiger partial charge in [0.2, 0.25) is 5.78 Å². The zero-order valence-electron chi connectivity index (χ0n) is 13.5. The Morgan fingerprint density at radius 1 is 1.12 bits per heavy atom. The summed E-state index contributed by atoms with van der Waals surface area (Å²) in [6.45, 7) is 1.30. The molecule has 0 saturated carbocycles. The first-order valence-electron chi connectivity index (χ1n) is 7.73. The number of esters is 1. The fourth-order valence-corrected chi connectivity index (χ4v) is 2.72. The number of hydrogen-bond donors (Lipinski definition) is 1. The molecule has 1 aromatic heterocycles. The van der Waals surface area contributed by atoms with Crippen LogP contribution in [-0.4, -0.2) is 29.4 Å². The molecular weight excluding hydrogens is 386 g/mol. The standard InChI is InChI=1S/C19H16BrNO4/c1-12(19(23)16-10-21-17-5-3-2-4-15(16)17)25-18(22)11-24-14-8-6-13(20)7-9-14/h2-10,12,21H,11H2,1H3/t12-/m0/s1. The number of hydrogen-bond acceptors (Lipinski definition) is 4. The molecule has 6 heteroatoms. The molecule has 0 fully saturated rings. The minimum atomic E-state index is -0.889. The van der Waals surface area contributed by atoms with Gasteiger partial charge in [0.15, 0.2) is 12.7 Å². The summed E-state index contributed by atoms with van der Waals surface area (Å²) in [5.41, 5.74) is 1.37. The van der Waals surface area contributed by atoms with Crippen molar-refractivity contribution in [3.05, 3.63) is 64.8 Å². The molecule has 0 bridgehead atoms. The van der Waals surface area contributed by atoms with E-state index in [1.54, 1.807) is 25.3 Å². The first kappa shape index (κ1) is 17.2. The number of rotatable bonds is 6. The quantitative estimate of drug-likeness (QED) is 0.498. The molecule has 0 spiro atoms. The molecular formula is C19H16BrNO4. The summed E-state index contributed by atoms with van der Waals surface area (Å²) in [4.78, 5) is 27.5. The minimum absolute atomic E-state index is 0.255. The fourth-order valence-electron chi connectivity index (χ4n) is 2.45. The molecule has 1 atom stereocenters. The van der Waals surface area contributed by atoms with Crippen LogP contribution in [0.4, 0.5) is 0 Å². The number of benzene rings is 2. The predicted molar refractivity (Wildman–Crippen MR) is 97.8 cm³/mol. The van der Waals surface area contributed by atoms with E-state index in [4.69, 9.17) is 9.47 Å². The Hall–Kier alpha value is -2.60. The highest BCUT2D eigenvalue weighted by Crippen LogP contribution is 2.20. The predicted octanol–water partition coefficient (Wildman–Crippen LogP) is 4.12. The summed E-state index contributed by atoms with van der Waals surface area (Å²) in [6, 6.07) is 14.6. The van der Waals surface area contributed by atoms with Gasteiger partial charge in [-0.1, -0.05) is 34.1 Å². The van der Waals surface area contributed by atoms with Gasteiger partial charge in [0.05, 0.1) is 0 Å². The van der Waals surface area contributed by atoms with Crippen LogP contribution in [0.5, 0.6) is 5.75 Å². The van der Waals surface area contributed by atoms with Gasteiger partial charge >= 0.3 is 5.97 Å². The number of carbonyl (C=O) groups is 2. The Labute approximate surface area is 153 Å². The van der Waals surface area contributed by atoms with Crippen LogP contribution in [0.1, 0.15) is 17.3 Å². The van der Waals surface area contributed by atoms with E-state index < -0.39 is 12.1 Å². The number of aromatic amines is 1. The summed E-state index contributed by atoms with van der Waals surface area (Å²) in [5.74, 6) is -0.297. The third kappa shape index (κ3) is 4.09. The Bertz CT molecular complexity index is 901. The maximum atomic E-state index is 12.5. The molecule has 0 aliphatic heterocycles. The van der Waals surface area contributed by atoms with Crippen LogP contribution < -0.4 is 4.74 Å². The van der Waals surface area contributed by atoms with E-state index in [1.807, 2.05) is 36.4 Å². The summed E-state index contributed by atoms with van der Waals surface area (Å²) in [6.07, 6.45) is 0.746. The van der Waals surface area contributed by atoms with Crippen LogP contribution in [0.15, 0.2) is 59.2 Å². The lowest BCUT2D eigenvalue weighted by Gasteiger charge is -2.12. The number of Topliss-reactive ketones (excluding diaryl/α,β-unsaturated/α-hetero) is 1. The highest BCUT2D eigenvalue weighted by Gasteiger charge is 2.22. The minimum Gasteiger partial charge on any atom is -0.482 e. The van der Waals surface area contributed by atoms with Crippen molar-refractivity contribution in [2.75, 3.05) is 6.61 Å². The van der Waals surface area contributed by atoms with Crippen molar-refractivity contribution in [1.82, 2.24) is 4.98 Å². The lowest BCUT2D eigenvalue weighted by atomic mass is 10.1. The second-order valence-corrected chi connectivity index (χ2v) is 6.40. The molecule has 2 aromatic carbocycles. The first-order valence-corrected chi connectivity index (χ1v) is 8.52. The van der Waals surface area contributed by atoms with Crippen molar-refractivity contribution in [3.8, 4) is 5.75 Å². The lowest BCUT2D eigenvalue weighted by molar-refractivity contribution is -0.148. The van der Waals surface area contributed by atoms with E-state index in [0.29, 0.717) is 11.3 Å². The summed E-state index contributed by atoms with van der Waals surface area (Å²) in [5, 5.41) is 0.807. The van der Waals surface area contributed by atoms with Crippen molar-refractivity contribution < 1.29 is 19.1 Å². The van der Waals surface area contributed by atoms with Gasteiger partial charge in [-0.25, -0.2) is 4.79 Å². The fraction of sp³-hybridized carbons (Fsp3) is 0.158. The van der Waals surface area contributed by atoms with Gasteiger partial charge < -0.3 is 14.5 Å². The maximum Gasteiger partial charge on any atom is 0.344 e. The van der Waals surface area contributed by atoms with E-state index >= 15 is 0 Å². The van der Waals surface area contributed by atoms with Crippen LogP contribution in [0.3, 0.4) is 0 Å². The molecule has 25 heavy (non-hydrogen) atoms. The Kier molecular flexibility index (Phi) is 5.19. The van der Waals surface area contributed by atoms with Crippen LogP contribution in [0.2, 0.25) is 0 Å². The van der Waals surface area contributed by atoms with Crippen molar-refractivity contribution in [3.63, 3.8) is 0 Å². The molecule has 0 saturated heterocycles. The molecule has 128 valence electrons. The van der Waals surface area contributed by atoms with Crippen molar-refractivity contribution >= 4 is 38.6 Å². The largest absolute Gasteiger partial charge is 0.482 e. The smallest absolute Gasteiger partial charge is 0.344 e. The SMILES string of the molecule is C[C@H](OC(=O)COc1ccc(Br)cc1)C(=O)c1c[nH]c2ccccc12. The Morgan fingerprint density at radius 2 is 1.84 bits per heavy atom. The van der Waals surface area contributed by atoms with E-state index in [9.17, 15) is 9.59 Å². The maximum absolute atomic E-state index is 12.5. The van der Waals surface area contributed by atoms with Crippen molar-refractivity contribution in [2.24, 2.45) is 0 Å². The van der Waals surface area contributed by atoms with Gasteiger partial charge in [-0.2, -0.15) is 0 Å². The zero-order valence-corrected chi connectivity index (χ0v) is 15.1. The number of para-hydroxylation sites is 1. The third-order valence-corrected chi connectivity index (χ3v) is 4.23. The van der Waals surface area contributed by atoms with Crippen LogP contribution in [-0.2, 0) is 9.53 Å². The number of ketones is 1. The highest BCUT2D eigenvalue weighted by molar-refractivity contribution is 9.10. The van der Waals surface area contributed by atoms with Gasteiger partial charge in [0, 0.05) is 27.1 Å².